The third-order valence-electron chi connectivity index (χ3n) is 1.79. The lowest BCUT2D eigenvalue weighted by Gasteiger charge is -2.18. The van der Waals surface area contributed by atoms with Crippen LogP contribution in [0.1, 0.15) is 19.8 Å². The summed E-state index contributed by atoms with van der Waals surface area (Å²) in [7, 11) is 0. The molecule has 0 spiro atoms. The molecule has 0 aromatic rings. The fourth-order valence-electron chi connectivity index (χ4n) is 1.05. The molecule has 0 saturated carbocycles. The number of alkyl halides is 3. The summed E-state index contributed by atoms with van der Waals surface area (Å²) >= 11 is 0. The van der Waals surface area contributed by atoms with Crippen molar-refractivity contribution < 1.29 is 13.2 Å². The number of hydrogen-bond acceptors (Lipinski definition) is 0. The smallest absolute Gasteiger partial charge is 0.170 e. The molecule has 62 valence electrons. The van der Waals surface area contributed by atoms with Crippen LogP contribution in [0.5, 0.6) is 0 Å². The van der Waals surface area contributed by atoms with Gasteiger partial charge in [-0.15, -0.1) is 0 Å². The summed E-state index contributed by atoms with van der Waals surface area (Å²) in [5, 5.41) is 0. The van der Waals surface area contributed by atoms with E-state index in [0.717, 1.165) is 0 Å². The normalized spacial score (nSPS) is 30.9. The van der Waals surface area contributed by atoms with Gasteiger partial charge in [0.15, 0.2) is 0 Å². The highest BCUT2D eigenvalue weighted by Gasteiger charge is 2.39. The molecule has 0 fully saturated rings. The minimum atomic E-state index is -4.12. The Morgan fingerprint density at radius 1 is 1.18 bits per heavy atom. The highest BCUT2D eigenvalue weighted by atomic mass is 19.4. The van der Waals surface area contributed by atoms with Gasteiger partial charge < -0.3 is 0 Å². The van der Waals surface area contributed by atoms with Crippen molar-refractivity contribution in [3.63, 3.8) is 0 Å². The fourth-order valence-corrected chi connectivity index (χ4v) is 1.05. The van der Waals surface area contributed by atoms with Crippen molar-refractivity contribution in [3.8, 4) is 11.8 Å². The van der Waals surface area contributed by atoms with E-state index in [2.05, 4.69) is 11.8 Å². The molecule has 0 aliphatic heterocycles. The zero-order chi connectivity index (χ0) is 8.48. The van der Waals surface area contributed by atoms with Crippen molar-refractivity contribution in [2.75, 3.05) is 0 Å². The van der Waals surface area contributed by atoms with E-state index in [4.69, 9.17) is 0 Å². The van der Waals surface area contributed by atoms with Crippen LogP contribution in [0.25, 0.3) is 0 Å². The standard InChI is InChI=1S/C8H9F3/c1-6-2-4-7(5-3-6)8(9,10)11/h6-7H,2,4H2,1H3. The van der Waals surface area contributed by atoms with Crippen LogP contribution in [0, 0.1) is 23.7 Å². The highest BCUT2D eigenvalue weighted by Crippen LogP contribution is 2.32. The van der Waals surface area contributed by atoms with Gasteiger partial charge in [-0.05, 0) is 12.8 Å². The van der Waals surface area contributed by atoms with Crippen molar-refractivity contribution in [2.24, 2.45) is 11.8 Å². The minimum Gasteiger partial charge on any atom is -0.170 e. The molecule has 2 atom stereocenters. The summed E-state index contributed by atoms with van der Waals surface area (Å²) in [6, 6.07) is 0. The van der Waals surface area contributed by atoms with Gasteiger partial charge in [0.1, 0.15) is 5.92 Å². The topological polar surface area (TPSA) is 0 Å². The van der Waals surface area contributed by atoms with Gasteiger partial charge in [0.25, 0.3) is 0 Å². The number of halogens is 3. The Labute approximate surface area is 63.8 Å². The first kappa shape index (κ1) is 8.45. The Balaban J connectivity index is 2.64. The SMILES string of the molecule is CC1C#CC(C(F)(F)F)CC1. The maximum Gasteiger partial charge on any atom is 0.402 e. The molecule has 0 aromatic carbocycles. The lowest BCUT2D eigenvalue weighted by molar-refractivity contribution is -0.161. The van der Waals surface area contributed by atoms with E-state index < -0.39 is 12.1 Å². The van der Waals surface area contributed by atoms with Crippen molar-refractivity contribution in [1.82, 2.24) is 0 Å². The molecule has 0 aromatic heterocycles. The predicted octanol–water partition coefficient (Wildman–Crippen LogP) is 2.60. The molecular formula is C8H9F3. The summed E-state index contributed by atoms with van der Waals surface area (Å²) in [6.45, 7) is 1.85. The maximum absolute atomic E-state index is 12.0. The number of rotatable bonds is 0. The summed E-state index contributed by atoms with van der Waals surface area (Å²) in [4.78, 5) is 0. The Morgan fingerprint density at radius 3 is 2.18 bits per heavy atom. The average Bonchev–Trinajstić information content (AvgIpc) is 1.86. The van der Waals surface area contributed by atoms with Gasteiger partial charge in [-0.25, -0.2) is 0 Å². The molecule has 0 bridgehead atoms. The van der Waals surface area contributed by atoms with Gasteiger partial charge in [-0.1, -0.05) is 18.8 Å². The van der Waals surface area contributed by atoms with E-state index in [-0.39, 0.29) is 12.3 Å². The Morgan fingerprint density at radius 2 is 1.82 bits per heavy atom. The molecule has 2 unspecified atom stereocenters. The van der Waals surface area contributed by atoms with E-state index in [1.54, 1.807) is 0 Å². The molecule has 0 saturated heterocycles. The largest absolute Gasteiger partial charge is 0.402 e. The molecular weight excluding hydrogens is 153 g/mol. The molecule has 1 rings (SSSR count). The van der Waals surface area contributed by atoms with Crippen LogP contribution >= 0.6 is 0 Å². The Bertz CT molecular complexity index is 194. The van der Waals surface area contributed by atoms with E-state index in [1.807, 2.05) is 6.92 Å². The molecule has 0 radical (unpaired) electrons. The second-order valence-electron chi connectivity index (χ2n) is 2.86. The molecule has 0 N–H and O–H groups in total. The monoisotopic (exact) mass is 162 g/mol. The first-order valence-corrected chi connectivity index (χ1v) is 3.58. The first-order chi connectivity index (χ1) is 5.00. The van der Waals surface area contributed by atoms with Crippen LogP contribution in [0.2, 0.25) is 0 Å². The molecule has 3 heteroatoms. The van der Waals surface area contributed by atoms with E-state index in [0.29, 0.717) is 6.42 Å². The minimum absolute atomic E-state index is 0.133. The van der Waals surface area contributed by atoms with E-state index in [1.165, 1.54) is 0 Å². The van der Waals surface area contributed by atoms with Crippen molar-refractivity contribution in [2.45, 2.75) is 25.9 Å². The van der Waals surface area contributed by atoms with Crippen molar-refractivity contribution >= 4 is 0 Å². The van der Waals surface area contributed by atoms with Gasteiger partial charge in [0.05, 0.1) is 0 Å². The van der Waals surface area contributed by atoms with Crippen LogP contribution in [0.15, 0.2) is 0 Å². The highest BCUT2D eigenvalue weighted by molar-refractivity contribution is 5.12. The summed E-state index contributed by atoms with van der Waals surface area (Å²) < 4.78 is 35.9. The zero-order valence-electron chi connectivity index (χ0n) is 6.20. The van der Waals surface area contributed by atoms with Gasteiger partial charge in [0.2, 0.25) is 0 Å². The second kappa shape index (κ2) is 2.77. The molecule has 1 aliphatic rings. The van der Waals surface area contributed by atoms with Crippen LogP contribution in [0.3, 0.4) is 0 Å². The van der Waals surface area contributed by atoms with Gasteiger partial charge in [0, 0.05) is 5.92 Å². The number of hydrogen-bond donors (Lipinski definition) is 0. The van der Waals surface area contributed by atoms with Crippen molar-refractivity contribution in [1.29, 1.82) is 0 Å². The summed E-state index contributed by atoms with van der Waals surface area (Å²) in [5.74, 6) is 3.56. The first-order valence-electron chi connectivity index (χ1n) is 3.58. The predicted molar refractivity (Wildman–Crippen MR) is 35.7 cm³/mol. The van der Waals surface area contributed by atoms with Crippen LogP contribution in [-0.2, 0) is 0 Å². The van der Waals surface area contributed by atoms with E-state index >= 15 is 0 Å². The van der Waals surface area contributed by atoms with Crippen LogP contribution in [-0.4, -0.2) is 6.18 Å². The van der Waals surface area contributed by atoms with Gasteiger partial charge in [-0.2, -0.15) is 13.2 Å². The lowest BCUT2D eigenvalue weighted by Crippen LogP contribution is -2.23. The molecule has 0 amide bonds. The van der Waals surface area contributed by atoms with Crippen molar-refractivity contribution in [3.05, 3.63) is 0 Å². The third kappa shape index (κ3) is 2.14. The van der Waals surface area contributed by atoms with Crippen LogP contribution in [0.4, 0.5) is 13.2 Å². The maximum atomic E-state index is 12.0. The quantitative estimate of drug-likeness (QED) is 0.480. The average molecular weight is 162 g/mol. The summed E-state index contributed by atoms with van der Waals surface area (Å²) in [6.07, 6.45) is -3.39. The van der Waals surface area contributed by atoms with Gasteiger partial charge >= 0.3 is 6.18 Å². The second-order valence-corrected chi connectivity index (χ2v) is 2.86. The Kier molecular flexibility index (Phi) is 2.12. The zero-order valence-corrected chi connectivity index (χ0v) is 6.20. The Hall–Kier alpha value is -0.650. The van der Waals surface area contributed by atoms with Gasteiger partial charge in [-0.3, -0.25) is 0 Å². The molecule has 11 heavy (non-hydrogen) atoms. The molecule has 0 heterocycles. The summed E-state index contributed by atoms with van der Waals surface area (Å²) in [5.41, 5.74) is 0. The fraction of sp³-hybridized carbons (Fsp3) is 0.750. The molecule has 0 nitrogen and oxygen atoms in total. The molecule has 1 aliphatic carbocycles. The van der Waals surface area contributed by atoms with Crippen LogP contribution < -0.4 is 0 Å². The lowest BCUT2D eigenvalue weighted by atomic mass is 9.92. The third-order valence-corrected chi connectivity index (χ3v) is 1.79. The van der Waals surface area contributed by atoms with E-state index in [9.17, 15) is 13.2 Å².